The molecule has 0 saturated carbocycles. The Morgan fingerprint density at radius 2 is 2.22 bits per heavy atom. The average Bonchev–Trinajstić information content (AvgIpc) is 2.31. The number of anilines is 2. The number of nitrogens with one attached hydrogen (secondary N) is 1. The molecule has 1 aromatic carbocycles. The smallest absolute Gasteiger partial charge is 0.237 e. The molecule has 1 rings (SSSR count). The van der Waals surface area contributed by atoms with E-state index in [1.165, 1.54) is 12.1 Å². The number of hydrogen-bond acceptors (Lipinski definition) is 3. The number of halogens is 1. The van der Waals surface area contributed by atoms with Crippen molar-refractivity contribution in [2.24, 2.45) is 0 Å². The second kappa shape index (κ2) is 6.49. The van der Waals surface area contributed by atoms with Gasteiger partial charge in [0.25, 0.3) is 0 Å². The van der Waals surface area contributed by atoms with Crippen molar-refractivity contribution in [1.82, 2.24) is 0 Å². The van der Waals surface area contributed by atoms with Gasteiger partial charge in [-0.25, -0.2) is 4.39 Å². The fourth-order valence-electron chi connectivity index (χ4n) is 1.29. The Morgan fingerprint density at radius 1 is 1.56 bits per heavy atom. The second-order valence-corrected chi connectivity index (χ2v) is 5.88. The number of carbonyl (C=O) groups excluding carboxylic acids is 1. The highest BCUT2D eigenvalue weighted by Crippen LogP contribution is 2.19. The Bertz CT molecular complexity index is 465. The van der Waals surface area contributed by atoms with Gasteiger partial charge in [-0.3, -0.25) is 9.00 Å². The molecule has 0 heterocycles. The van der Waals surface area contributed by atoms with E-state index in [2.05, 4.69) is 5.32 Å². The molecule has 0 bridgehead atoms. The van der Waals surface area contributed by atoms with E-state index >= 15 is 0 Å². The zero-order chi connectivity index (χ0) is 13.7. The van der Waals surface area contributed by atoms with Crippen molar-refractivity contribution in [3.8, 4) is 0 Å². The molecule has 0 fully saturated rings. The van der Waals surface area contributed by atoms with E-state index in [1.807, 2.05) is 13.8 Å². The predicted octanol–water partition coefficient (Wildman–Crippen LogP) is 1.89. The van der Waals surface area contributed by atoms with Gasteiger partial charge in [0.2, 0.25) is 5.91 Å². The molecule has 2 atom stereocenters. The van der Waals surface area contributed by atoms with Gasteiger partial charge in [-0.2, -0.15) is 0 Å². The number of benzene rings is 1. The largest absolute Gasteiger partial charge is 0.397 e. The summed E-state index contributed by atoms with van der Waals surface area (Å²) in [5.74, 6) is -0.924. The van der Waals surface area contributed by atoms with E-state index < -0.39 is 16.6 Å². The Kier molecular flexibility index (Phi) is 5.27. The molecule has 0 saturated heterocycles. The molecule has 0 spiro atoms. The first kappa shape index (κ1) is 14.6. The molecule has 100 valence electrons. The van der Waals surface area contributed by atoms with Crippen molar-refractivity contribution < 1.29 is 13.4 Å². The zero-order valence-electron chi connectivity index (χ0n) is 10.4. The maximum absolute atomic E-state index is 12.8. The van der Waals surface area contributed by atoms with Gasteiger partial charge in [0.15, 0.2) is 0 Å². The van der Waals surface area contributed by atoms with Crippen LogP contribution in [0.1, 0.15) is 20.3 Å². The minimum absolute atomic E-state index is 0.0266. The third kappa shape index (κ3) is 4.10. The molecule has 1 aromatic rings. The number of nitrogens with two attached hydrogens (primary N) is 1. The minimum Gasteiger partial charge on any atom is -0.397 e. The summed E-state index contributed by atoms with van der Waals surface area (Å²) >= 11 is 0. The summed E-state index contributed by atoms with van der Waals surface area (Å²) < 4.78 is 24.5. The lowest BCUT2D eigenvalue weighted by molar-refractivity contribution is -0.113. The molecule has 4 nitrogen and oxygen atoms in total. The van der Waals surface area contributed by atoms with Crippen molar-refractivity contribution in [2.75, 3.05) is 16.8 Å². The van der Waals surface area contributed by atoms with Crippen molar-refractivity contribution >= 4 is 28.1 Å². The quantitative estimate of drug-likeness (QED) is 0.804. The van der Waals surface area contributed by atoms with Crippen LogP contribution in [0.5, 0.6) is 0 Å². The van der Waals surface area contributed by atoms with Crippen LogP contribution in [0.3, 0.4) is 0 Å². The van der Waals surface area contributed by atoms with Crippen LogP contribution in [0.15, 0.2) is 18.2 Å². The first-order chi connectivity index (χ1) is 8.43. The van der Waals surface area contributed by atoms with E-state index in [9.17, 15) is 13.4 Å². The first-order valence-corrected chi connectivity index (χ1v) is 7.04. The fraction of sp³-hybridized carbons (Fsp3) is 0.417. The van der Waals surface area contributed by atoms with Gasteiger partial charge in [0, 0.05) is 16.0 Å². The van der Waals surface area contributed by atoms with E-state index in [4.69, 9.17) is 5.73 Å². The zero-order valence-corrected chi connectivity index (χ0v) is 11.2. The SMILES string of the molecule is CCC(C)S(=O)CC(=O)Nc1ccc(F)cc1N. The third-order valence-electron chi connectivity index (χ3n) is 2.58. The standard InChI is InChI=1S/C12H17FN2O2S/c1-3-8(2)18(17)7-12(16)15-11-5-4-9(13)6-10(11)14/h4-6,8H,3,7,14H2,1-2H3,(H,15,16). The lowest BCUT2D eigenvalue weighted by Crippen LogP contribution is -2.24. The van der Waals surface area contributed by atoms with Gasteiger partial charge in [0.1, 0.15) is 11.6 Å². The van der Waals surface area contributed by atoms with Crippen LogP contribution in [0, 0.1) is 5.82 Å². The summed E-state index contributed by atoms with van der Waals surface area (Å²) in [4.78, 5) is 11.6. The topological polar surface area (TPSA) is 72.2 Å². The van der Waals surface area contributed by atoms with Crippen molar-refractivity contribution in [2.45, 2.75) is 25.5 Å². The highest BCUT2D eigenvalue weighted by Gasteiger charge is 2.14. The maximum Gasteiger partial charge on any atom is 0.237 e. The van der Waals surface area contributed by atoms with Gasteiger partial charge in [-0.05, 0) is 24.6 Å². The Balaban J connectivity index is 2.62. The summed E-state index contributed by atoms with van der Waals surface area (Å²) in [6.07, 6.45) is 0.749. The number of rotatable bonds is 5. The monoisotopic (exact) mass is 272 g/mol. The summed E-state index contributed by atoms with van der Waals surface area (Å²) in [5.41, 5.74) is 6.04. The summed E-state index contributed by atoms with van der Waals surface area (Å²) in [6, 6.07) is 3.72. The fourth-order valence-corrected chi connectivity index (χ4v) is 2.28. The van der Waals surface area contributed by atoms with Crippen molar-refractivity contribution in [3.05, 3.63) is 24.0 Å². The van der Waals surface area contributed by atoms with Gasteiger partial charge in [-0.15, -0.1) is 0 Å². The van der Waals surface area contributed by atoms with E-state index in [-0.39, 0.29) is 22.6 Å². The lowest BCUT2D eigenvalue weighted by atomic mass is 10.2. The number of carbonyl (C=O) groups is 1. The number of amides is 1. The lowest BCUT2D eigenvalue weighted by Gasteiger charge is -2.10. The van der Waals surface area contributed by atoms with Gasteiger partial charge < -0.3 is 11.1 Å². The highest BCUT2D eigenvalue weighted by atomic mass is 32.2. The third-order valence-corrected chi connectivity index (χ3v) is 4.36. The molecule has 3 N–H and O–H groups in total. The van der Waals surface area contributed by atoms with Crippen molar-refractivity contribution in [3.63, 3.8) is 0 Å². The molecule has 18 heavy (non-hydrogen) atoms. The van der Waals surface area contributed by atoms with Crippen LogP contribution in [-0.2, 0) is 15.6 Å². The molecular weight excluding hydrogens is 255 g/mol. The molecule has 0 aromatic heterocycles. The minimum atomic E-state index is -1.21. The van der Waals surface area contributed by atoms with Crippen LogP contribution >= 0.6 is 0 Å². The normalized spacial score (nSPS) is 13.9. The average molecular weight is 272 g/mol. The van der Waals surface area contributed by atoms with E-state index in [1.54, 1.807) is 0 Å². The van der Waals surface area contributed by atoms with Gasteiger partial charge in [-0.1, -0.05) is 13.8 Å². The van der Waals surface area contributed by atoms with Crippen LogP contribution in [0.2, 0.25) is 0 Å². The maximum atomic E-state index is 12.8. The Morgan fingerprint density at radius 3 is 2.78 bits per heavy atom. The molecule has 0 aliphatic carbocycles. The second-order valence-electron chi connectivity index (χ2n) is 4.02. The van der Waals surface area contributed by atoms with E-state index in [0.29, 0.717) is 5.69 Å². The summed E-state index contributed by atoms with van der Waals surface area (Å²) in [6.45, 7) is 3.74. The molecule has 0 radical (unpaired) electrons. The molecular formula is C12H17FN2O2S. The Hall–Kier alpha value is -1.43. The molecule has 2 unspecified atom stereocenters. The molecule has 0 aliphatic heterocycles. The highest BCUT2D eigenvalue weighted by molar-refractivity contribution is 7.86. The van der Waals surface area contributed by atoms with Crippen LogP contribution in [0.4, 0.5) is 15.8 Å². The number of nitrogen functional groups attached to an aromatic ring is 1. The Labute approximate surface area is 108 Å². The van der Waals surface area contributed by atoms with Crippen LogP contribution in [-0.4, -0.2) is 21.1 Å². The number of hydrogen-bond donors (Lipinski definition) is 2. The van der Waals surface area contributed by atoms with Crippen LogP contribution in [0.25, 0.3) is 0 Å². The molecule has 6 heteroatoms. The molecule has 1 amide bonds. The predicted molar refractivity (Wildman–Crippen MR) is 72.2 cm³/mol. The summed E-state index contributed by atoms with van der Waals surface area (Å²) in [7, 11) is -1.21. The van der Waals surface area contributed by atoms with Gasteiger partial charge in [0.05, 0.1) is 11.4 Å². The van der Waals surface area contributed by atoms with Crippen LogP contribution < -0.4 is 11.1 Å². The molecule has 0 aliphatic rings. The summed E-state index contributed by atoms with van der Waals surface area (Å²) in [5, 5.41) is 2.50. The van der Waals surface area contributed by atoms with Crippen molar-refractivity contribution in [1.29, 1.82) is 0 Å². The first-order valence-electron chi connectivity index (χ1n) is 5.66. The van der Waals surface area contributed by atoms with E-state index in [0.717, 1.165) is 12.5 Å². The van der Waals surface area contributed by atoms with Gasteiger partial charge >= 0.3 is 0 Å².